The van der Waals surface area contributed by atoms with Crippen LogP contribution in [0.4, 0.5) is 26.3 Å². The molecule has 1 saturated carbocycles. The van der Waals surface area contributed by atoms with Crippen molar-refractivity contribution in [3.05, 3.63) is 53.0 Å². The van der Waals surface area contributed by atoms with Crippen molar-refractivity contribution >= 4 is 29.3 Å². The maximum Gasteiger partial charge on any atom is 0.471 e. The molecule has 0 unspecified atom stereocenters. The van der Waals surface area contributed by atoms with Gasteiger partial charge in [-0.1, -0.05) is 6.08 Å². The molecule has 8 nitrogen and oxygen atoms in total. The van der Waals surface area contributed by atoms with Gasteiger partial charge in [0.15, 0.2) is 5.70 Å². The molecule has 14 heteroatoms. The smallest absolute Gasteiger partial charge is 0.367 e. The van der Waals surface area contributed by atoms with Gasteiger partial charge in [0.1, 0.15) is 0 Å². The maximum atomic E-state index is 12.9. The summed E-state index contributed by atoms with van der Waals surface area (Å²) in [6.07, 6.45) is 0.592. The molecule has 3 N–H and O–H groups in total. The van der Waals surface area contributed by atoms with E-state index in [1.165, 1.54) is 12.2 Å². The van der Waals surface area contributed by atoms with Gasteiger partial charge in [-0.2, -0.15) is 26.3 Å². The van der Waals surface area contributed by atoms with Crippen molar-refractivity contribution in [2.45, 2.75) is 56.9 Å². The molecule has 4 rings (SSSR count). The van der Waals surface area contributed by atoms with Crippen LogP contribution >= 0.6 is 0 Å². The van der Waals surface area contributed by atoms with E-state index < -0.39 is 35.6 Å². The van der Waals surface area contributed by atoms with Gasteiger partial charge in [-0.3, -0.25) is 14.4 Å². The van der Waals surface area contributed by atoms with E-state index >= 15 is 0 Å². The average molecular weight is 571 g/mol. The van der Waals surface area contributed by atoms with Crippen molar-refractivity contribution in [1.29, 1.82) is 0 Å². The molecular weight excluding hydrogens is 544 g/mol. The summed E-state index contributed by atoms with van der Waals surface area (Å²) in [6.45, 7) is 0.119. The normalized spacial score (nSPS) is 22.6. The van der Waals surface area contributed by atoms with Crippen molar-refractivity contribution in [2.75, 3.05) is 13.1 Å². The molecule has 0 aromatic carbocycles. The molecule has 3 amide bonds. The second kappa shape index (κ2) is 11.6. The minimum absolute atomic E-state index is 0.0944. The molecule has 0 spiro atoms. The molecule has 0 aromatic heterocycles. The zero-order chi connectivity index (χ0) is 29.1. The number of alkyl halides is 6. The molecule has 4 aliphatic rings. The Hall–Kier alpha value is -4.02. The fraction of sp³-hybridized carbons (Fsp3) is 0.462. The molecule has 40 heavy (non-hydrogen) atoms. The predicted octanol–water partition coefficient (Wildman–Crippen LogP) is 2.45. The molecule has 0 atom stereocenters. The van der Waals surface area contributed by atoms with Crippen LogP contribution in [0.25, 0.3) is 0 Å². The van der Waals surface area contributed by atoms with Crippen LogP contribution in [0.5, 0.6) is 0 Å². The van der Waals surface area contributed by atoms with Gasteiger partial charge in [-0.05, 0) is 55.3 Å². The minimum Gasteiger partial charge on any atom is -0.367 e. The Balaban J connectivity index is 1.19. The minimum atomic E-state index is -4.99. The van der Waals surface area contributed by atoms with Crippen molar-refractivity contribution < 1.29 is 40.7 Å². The third kappa shape index (κ3) is 7.34. The highest BCUT2D eigenvalue weighted by molar-refractivity contribution is 6.00. The van der Waals surface area contributed by atoms with Gasteiger partial charge in [-0.15, -0.1) is 0 Å². The zero-order valence-electron chi connectivity index (χ0n) is 21.1. The Morgan fingerprint density at radius 1 is 1.02 bits per heavy atom. The van der Waals surface area contributed by atoms with Crippen molar-refractivity contribution in [1.82, 2.24) is 25.5 Å². The number of amides is 3. The van der Waals surface area contributed by atoms with Crippen LogP contribution < -0.4 is 20.6 Å². The van der Waals surface area contributed by atoms with Crippen LogP contribution in [0, 0.1) is 5.92 Å². The lowest BCUT2D eigenvalue weighted by atomic mass is 9.81. The summed E-state index contributed by atoms with van der Waals surface area (Å²) < 4.78 is 79.8. The van der Waals surface area contributed by atoms with Gasteiger partial charge < -0.3 is 20.9 Å². The largest absolute Gasteiger partial charge is 0.471 e. The highest BCUT2D eigenvalue weighted by Gasteiger charge is 2.40. The van der Waals surface area contributed by atoms with Crippen LogP contribution in [0.3, 0.4) is 0 Å². The summed E-state index contributed by atoms with van der Waals surface area (Å²) in [5, 5.41) is 6.73. The van der Waals surface area contributed by atoms with Gasteiger partial charge in [0.25, 0.3) is 5.91 Å². The van der Waals surface area contributed by atoms with Crippen molar-refractivity contribution in [3.8, 4) is 0 Å². The van der Waals surface area contributed by atoms with E-state index in [-0.39, 0.29) is 42.6 Å². The van der Waals surface area contributed by atoms with Crippen molar-refractivity contribution in [2.24, 2.45) is 5.92 Å². The lowest BCUT2D eigenvalue weighted by molar-refractivity contribution is -0.172. The summed E-state index contributed by atoms with van der Waals surface area (Å²) >= 11 is 0. The topological polar surface area (TPSA) is 105 Å². The number of rotatable bonds is 7. The fourth-order valence-electron chi connectivity index (χ4n) is 4.81. The predicted molar refractivity (Wildman–Crippen MR) is 132 cm³/mol. The first-order valence-corrected chi connectivity index (χ1v) is 12.6. The Morgan fingerprint density at radius 2 is 1.73 bits per heavy atom. The summed E-state index contributed by atoms with van der Waals surface area (Å²) in [5.74, 6) is -0.771. The van der Waals surface area contributed by atoms with Crippen LogP contribution in [-0.2, 0) is 14.4 Å². The molecule has 0 saturated heterocycles. The van der Waals surface area contributed by atoms with E-state index in [0.717, 1.165) is 31.8 Å². The Kier molecular flexibility index (Phi) is 8.41. The van der Waals surface area contributed by atoms with E-state index in [2.05, 4.69) is 26.1 Å². The van der Waals surface area contributed by atoms with Gasteiger partial charge in [0, 0.05) is 29.5 Å². The molecule has 2 heterocycles. The Labute approximate surface area is 225 Å². The first kappa shape index (κ1) is 29.0. The van der Waals surface area contributed by atoms with E-state index in [1.54, 1.807) is 17.6 Å². The number of carbonyl (C=O) groups excluding carboxylic acids is 3. The Morgan fingerprint density at radius 3 is 2.33 bits per heavy atom. The number of nitrogens with zero attached hydrogens (tertiary/aromatic N) is 2. The van der Waals surface area contributed by atoms with Gasteiger partial charge in [-0.25, -0.2) is 0 Å². The number of carbonyl (C=O) groups is 3. The lowest BCUT2D eigenvalue weighted by Crippen LogP contribution is -2.47. The molecule has 0 radical (unpaired) electrons. The highest BCUT2D eigenvalue weighted by atomic mass is 19.4. The molecule has 2 aliphatic heterocycles. The number of hydrogen-bond donors (Lipinski definition) is 3. The Bertz CT molecular complexity index is 1300. The number of allylic oxidation sites excluding steroid dienone is 4. The average Bonchev–Trinajstić information content (AvgIpc) is 2.89. The third-order valence-corrected chi connectivity index (χ3v) is 6.93. The van der Waals surface area contributed by atoms with Gasteiger partial charge in [0.2, 0.25) is 5.91 Å². The van der Waals surface area contributed by atoms with Gasteiger partial charge in [0.05, 0.1) is 24.7 Å². The first-order chi connectivity index (χ1) is 18.8. The monoisotopic (exact) mass is 570 g/mol. The van der Waals surface area contributed by atoms with E-state index in [1.807, 2.05) is 0 Å². The number of hydrogen-bond acceptors (Lipinski definition) is 4. The number of nitrogens with one attached hydrogen (secondary N) is 3. The van der Waals surface area contributed by atoms with Crippen LogP contribution in [0.2, 0.25) is 0 Å². The SMILES string of the molecule is O=C(CNC(=O)C1=CCCC(C(F)(F)F)=C1)NC1=CN(C2CCC(C3=[N+]=C=C(NC(=O)C(F)(F)F)C=C3)CC2)C1. The van der Waals surface area contributed by atoms with Crippen LogP contribution in [0.15, 0.2) is 53.0 Å². The second-order valence-electron chi connectivity index (χ2n) is 9.78. The van der Waals surface area contributed by atoms with E-state index in [0.29, 0.717) is 18.0 Å². The second-order valence-corrected chi connectivity index (χ2v) is 9.78. The summed E-state index contributed by atoms with van der Waals surface area (Å²) in [4.78, 5) is 37.5. The molecule has 214 valence electrons. The first-order valence-electron chi connectivity index (χ1n) is 12.6. The fourth-order valence-corrected chi connectivity index (χ4v) is 4.81. The molecule has 2 aliphatic carbocycles. The summed E-state index contributed by atoms with van der Waals surface area (Å²) in [5.41, 5.74) is 0.295. The lowest BCUT2D eigenvalue weighted by Gasteiger charge is -2.41. The summed E-state index contributed by atoms with van der Waals surface area (Å²) in [7, 11) is 0. The van der Waals surface area contributed by atoms with Gasteiger partial charge >= 0.3 is 29.8 Å². The van der Waals surface area contributed by atoms with Crippen LogP contribution in [-0.4, -0.2) is 65.7 Å². The molecular formula is C26H26F6N5O3+. The molecule has 1 fully saturated rings. The standard InChI is InChI=1S/C26H25F6N5O3/c27-25(28,29)17-3-1-2-16(10-17)23(39)34-12-22(38)35-19-13-37(14-19)20-7-4-15(5-8-20)21-9-6-18(11-33-21)36-24(40)26(30,31)32/h2,6,9-10,13,15,20H,1,3-5,7-8,12,14H2,(H2-,34,35,36,38,39,40)/p+1. The number of halogens is 6. The molecule has 0 aromatic rings. The van der Waals surface area contributed by atoms with E-state index in [4.69, 9.17) is 0 Å². The van der Waals surface area contributed by atoms with E-state index in [9.17, 15) is 40.7 Å². The third-order valence-electron chi connectivity index (χ3n) is 6.93. The summed E-state index contributed by atoms with van der Waals surface area (Å²) in [6, 6.07) is 0.235. The van der Waals surface area contributed by atoms with Crippen molar-refractivity contribution in [3.63, 3.8) is 0 Å². The molecule has 0 bridgehead atoms. The quantitative estimate of drug-likeness (QED) is 0.323. The highest BCUT2D eigenvalue weighted by Crippen LogP contribution is 2.33. The zero-order valence-corrected chi connectivity index (χ0v) is 21.1. The maximum absolute atomic E-state index is 12.9. The van der Waals surface area contributed by atoms with Crippen LogP contribution in [0.1, 0.15) is 38.5 Å².